The lowest BCUT2D eigenvalue weighted by Crippen LogP contribution is -2.39. The van der Waals surface area contributed by atoms with Crippen LogP contribution in [0, 0.1) is 13.8 Å². The van der Waals surface area contributed by atoms with Crippen LogP contribution in [0.1, 0.15) is 18.1 Å². The van der Waals surface area contributed by atoms with E-state index in [1.54, 1.807) is 26.0 Å². The summed E-state index contributed by atoms with van der Waals surface area (Å²) in [5.41, 5.74) is 1.48. The predicted octanol–water partition coefficient (Wildman–Crippen LogP) is 1.50. The van der Waals surface area contributed by atoms with Crippen LogP contribution in [0.5, 0.6) is 0 Å². The second-order valence-corrected chi connectivity index (χ2v) is 6.81. The highest BCUT2D eigenvalue weighted by Crippen LogP contribution is 2.21. The molecule has 0 heterocycles. The highest BCUT2D eigenvalue weighted by molar-refractivity contribution is 7.89. The van der Waals surface area contributed by atoms with Crippen LogP contribution in [-0.2, 0) is 24.3 Å². The van der Waals surface area contributed by atoms with E-state index < -0.39 is 16.0 Å². The minimum absolute atomic E-state index is 0.0883. The van der Waals surface area contributed by atoms with E-state index in [2.05, 4.69) is 0 Å². The Labute approximate surface area is 132 Å². The molecule has 0 saturated heterocycles. The maximum absolute atomic E-state index is 12.8. The largest absolute Gasteiger partial charge is 0.465 e. The molecule has 124 valence electrons. The SMILES string of the molecule is CCOC(=O)CN(CCOC)S(=O)(=O)c1cc(C)ccc1C. The van der Waals surface area contributed by atoms with Crippen molar-refractivity contribution in [2.24, 2.45) is 0 Å². The molecule has 7 heteroatoms. The van der Waals surface area contributed by atoms with Gasteiger partial charge in [-0.15, -0.1) is 0 Å². The van der Waals surface area contributed by atoms with Crippen molar-refractivity contribution in [1.29, 1.82) is 0 Å². The topological polar surface area (TPSA) is 72.9 Å². The molecule has 22 heavy (non-hydrogen) atoms. The summed E-state index contributed by atoms with van der Waals surface area (Å²) < 4.78 is 36.5. The highest BCUT2D eigenvalue weighted by atomic mass is 32.2. The van der Waals surface area contributed by atoms with Gasteiger partial charge in [0.1, 0.15) is 6.54 Å². The number of carbonyl (C=O) groups excluding carboxylic acids is 1. The summed E-state index contributed by atoms with van der Waals surface area (Å²) in [6.45, 7) is 5.40. The molecule has 0 unspecified atom stereocenters. The van der Waals surface area contributed by atoms with Crippen molar-refractivity contribution >= 4 is 16.0 Å². The lowest BCUT2D eigenvalue weighted by atomic mass is 10.2. The minimum atomic E-state index is -3.79. The van der Waals surface area contributed by atoms with Crippen molar-refractivity contribution in [2.45, 2.75) is 25.7 Å². The van der Waals surface area contributed by atoms with Gasteiger partial charge >= 0.3 is 5.97 Å². The standard InChI is InChI=1S/C15H23NO5S/c1-5-21-15(17)11-16(8-9-20-4)22(18,19)14-10-12(2)6-7-13(14)3/h6-7,10H,5,8-9,11H2,1-4H3. The second-order valence-electron chi connectivity index (χ2n) is 4.91. The van der Waals surface area contributed by atoms with E-state index in [0.717, 1.165) is 9.87 Å². The Balaban J connectivity index is 3.14. The molecule has 0 bridgehead atoms. The Kier molecular flexibility index (Phi) is 6.99. The van der Waals surface area contributed by atoms with Crippen LogP contribution in [0.3, 0.4) is 0 Å². The summed E-state index contributed by atoms with van der Waals surface area (Å²) in [5, 5.41) is 0. The van der Waals surface area contributed by atoms with Crippen LogP contribution in [0.4, 0.5) is 0 Å². The number of methoxy groups -OCH3 is 1. The molecule has 1 rings (SSSR count). The van der Waals surface area contributed by atoms with Crippen LogP contribution in [-0.4, -0.2) is 52.1 Å². The number of benzene rings is 1. The van der Waals surface area contributed by atoms with E-state index in [1.807, 2.05) is 13.0 Å². The molecule has 0 saturated carbocycles. The molecule has 0 aliphatic rings. The second kappa shape index (κ2) is 8.26. The van der Waals surface area contributed by atoms with Crippen molar-refractivity contribution in [3.05, 3.63) is 29.3 Å². The lowest BCUT2D eigenvalue weighted by molar-refractivity contribution is -0.143. The molecule has 1 aromatic rings. The van der Waals surface area contributed by atoms with Crippen molar-refractivity contribution in [2.75, 3.05) is 33.4 Å². The van der Waals surface area contributed by atoms with Gasteiger partial charge in [0.15, 0.2) is 0 Å². The fourth-order valence-electron chi connectivity index (χ4n) is 1.95. The summed E-state index contributed by atoms with van der Waals surface area (Å²) in [6, 6.07) is 5.20. The maximum Gasteiger partial charge on any atom is 0.321 e. The average Bonchev–Trinajstić information content (AvgIpc) is 2.46. The van der Waals surface area contributed by atoms with Gasteiger partial charge in [0.25, 0.3) is 0 Å². The third-order valence-electron chi connectivity index (χ3n) is 3.12. The van der Waals surface area contributed by atoms with Gasteiger partial charge in [-0.05, 0) is 38.0 Å². The molecule has 0 aromatic heterocycles. The Bertz CT molecular complexity index is 612. The van der Waals surface area contributed by atoms with Gasteiger partial charge in [0, 0.05) is 13.7 Å². The van der Waals surface area contributed by atoms with Gasteiger partial charge in [-0.2, -0.15) is 4.31 Å². The van der Waals surface area contributed by atoms with Crippen molar-refractivity contribution < 1.29 is 22.7 Å². The van der Waals surface area contributed by atoms with Crippen molar-refractivity contribution in [1.82, 2.24) is 4.31 Å². The number of ether oxygens (including phenoxy) is 2. The first-order chi connectivity index (χ1) is 10.3. The number of carbonyl (C=O) groups is 1. The smallest absolute Gasteiger partial charge is 0.321 e. The summed E-state index contributed by atoms with van der Waals surface area (Å²) in [7, 11) is -2.31. The van der Waals surface area contributed by atoms with Crippen LogP contribution in [0.25, 0.3) is 0 Å². The van der Waals surface area contributed by atoms with Gasteiger partial charge in [-0.1, -0.05) is 12.1 Å². The van der Waals surface area contributed by atoms with E-state index in [4.69, 9.17) is 9.47 Å². The normalized spacial score (nSPS) is 11.7. The first kappa shape index (κ1) is 18.6. The van der Waals surface area contributed by atoms with E-state index in [0.29, 0.717) is 5.56 Å². The van der Waals surface area contributed by atoms with Crippen molar-refractivity contribution in [3.63, 3.8) is 0 Å². The molecule has 0 spiro atoms. The van der Waals surface area contributed by atoms with Crippen LogP contribution in [0.2, 0.25) is 0 Å². The van der Waals surface area contributed by atoms with Gasteiger partial charge in [-0.25, -0.2) is 8.42 Å². The molecule has 0 amide bonds. The van der Waals surface area contributed by atoms with Gasteiger partial charge in [0.2, 0.25) is 10.0 Å². The Morgan fingerprint density at radius 1 is 1.27 bits per heavy atom. The molecule has 0 radical (unpaired) electrons. The summed E-state index contributed by atoms with van der Waals surface area (Å²) in [4.78, 5) is 11.9. The Morgan fingerprint density at radius 2 is 1.95 bits per heavy atom. The van der Waals surface area contributed by atoms with Crippen LogP contribution < -0.4 is 0 Å². The lowest BCUT2D eigenvalue weighted by Gasteiger charge is -2.22. The summed E-state index contributed by atoms with van der Waals surface area (Å²) >= 11 is 0. The summed E-state index contributed by atoms with van der Waals surface area (Å²) in [5.74, 6) is -0.576. The maximum atomic E-state index is 12.8. The first-order valence-electron chi connectivity index (χ1n) is 7.05. The zero-order valence-electron chi connectivity index (χ0n) is 13.5. The number of sulfonamides is 1. The quantitative estimate of drug-likeness (QED) is 0.676. The third-order valence-corrected chi connectivity index (χ3v) is 5.10. The number of hydrogen-bond donors (Lipinski definition) is 0. The molecular weight excluding hydrogens is 306 g/mol. The summed E-state index contributed by atoms with van der Waals surface area (Å²) in [6.07, 6.45) is 0. The minimum Gasteiger partial charge on any atom is -0.465 e. The van der Waals surface area contributed by atoms with Gasteiger partial charge in [0.05, 0.1) is 18.1 Å². The van der Waals surface area contributed by atoms with Crippen LogP contribution >= 0.6 is 0 Å². The number of esters is 1. The average molecular weight is 329 g/mol. The van der Waals surface area contributed by atoms with Crippen LogP contribution in [0.15, 0.2) is 23.1 Å². The fourth-order valence-corrected chi connectivity index (χ4v) is 3.63. The monoisotopic (exact) mass is 329 g/mol. The van der Waals surface area contributed by atoms with Gasteiger partial charge in [-0.3, -0.25) is 4.79 Å². The van der Waals surface area contributed by atoms with Gasteiger partial charge < -0.3 is 9.47 Å². The molecule has 0 atom stereocenters. The molecule has 0 aliphatic heterocycles. The molecule has 0 aliphatic carbocycles. The molecule has 0 fully saturated rings. The van der Waals surface area contributed by atoms with Crippen molar-refractivity contribution in [3.8, 4) is 0 Å². The van der Waals surface area contributed by atoms with E-state index >= 15 is 0 Å². The molecule has 0 N–H and O–H groups in total. The number of hydrogen-bond acceptors (Lipinski definition) is 5. The number of aryl methyl sites for hydroxylation is 2. The van der Waals surface area contributed by atoms with E-state index in [1.165, 1.54) is 7.11 Å². The predicted molar refractivity (Wildman–Crippen MR) is 83.2 cm³/mol. The fraction of sp³-hybridized carbons (Fsp3) is 0.533. The number of nitrogens with zero attached hydrogens (tertiary/aromatic N) is 1. The van der Waals surface area contributed by atoms with E-state index in [9.17, 15) is 13.2 Å². The first-order valence-corrected chi connectivity index (χ1v) is 8.49. The zero-order valence-corrected chi connectivity index (χ0v) is 14.3. The zero-order chi connectivity index (χ0) is 16.8. The molecular formula is C15H23NO5S. The number of rotatable bonds is 8. The van der Waals surface area contributed by atoms with E-state index in [-0.39, 0.29) is 31.2 Å². The Morgan fingerprint density at radius 3 is 2.55 bits per heavy atom. The third kappa shape index (κ3) is 4.79. The molecule has 1 aromatic carbocycles. The molecule has 6 nitrogen and oxygen atoms in total. The Hall–Kier alpha value is -1.44. The highest BCUT2D eigenvalue weighted by Gasteiger charge is 2.28.